The molecule has 0 spiro atoms. The van der Waals surface area contributed by atoms with Crippen LogP contribution in [0.3, 0.4) is 0 Å². The molecule has 104 valence electrons. The van der Waals surface area contributed by atoms with Gasteiger partial charge >= 0.3 is 5.97 Å². The number of nitrogens with one attached hydrogen (secondary N) is 1. The molecule has 19 heavy (non-hydrogen) atoms. The molecule has 2 N–H and O–H groups in total. The second-order valence-corrected chi connectivity index (χ2v) is 4.57. The summed E-state index contributed by atoms with van der Waals surface area (Å²) in [5.41, 5.74) is 1.51. The fourth-order valence-corrected chi connectivity index (χ4v) is 1.74. The van der Waals surface area contributed by atoms with Gasteiger partial charge in [0.1, 0.15) is 6.04 Å². The Bertz CT molecular complexity index is 486. The van der Waals surface area contributed by atoms with Crippen molar-refractivity contribution in [3.63, 3.8) is 0 Å². The number of aryl methyl sites for hydroxylation is 1. The lowest BCUT2D eigenvalue weighted by molar-refractivity contribution is -0.130. The van der Waals surface area contributed by atoms with E-state index in [-0.39, 0.29) is 11.5 Å². The third kappa shape index (κ3) is 3.71. The zero-order chi connectivity index (χ0) is 14.6. The van der Waals surface area contributed by atoms with Crippen LogP contribution in [0, 0.1) is 6.92 Å². The first-order valence-corrected chi connectivity index (χ1v) is 6.22. The van der Waals surface area contributed by atoms with E-state index in [2.05, 4.69) is 5.32 Å². The summed E-state index contributed by atoms with van der Waals surface area (Å²) in [6.45, 7) is 6.05. The first-order chi connectivity index (χ1) is 8.86. The molecule has 5 nitrogen and oxygen atoms in total. The second kappa shape index (κ2) is 6.22. The Labute approximate surface area is 113 Å². The van der Waals surface area contributed by atoms with Gasteiger partial charge in [0.15, 0.2) is 0 Å². The number of carboxylic acids is 1. The molecule has 0 saturated heterocycles. The van der Waals surface area contributed by atoms with Gasteiger partial charge < -0.3 is 15.3 Å². The van der Waals surface area contributed by atoms with Crippen LogP contribution in [0.4, 0.5) is 5.69 Å². The lowest BCUT2D eigenvalue weighted by atomic mass is 10.1. The molecule has 0 heterocycles. The number of amides is 1. The van der Waals surface area contributed by atoms with Crippen LogP contribution in [-0.2, 0) is 4.79 Å². The van der Waals surface area contributed by atoms with Crippen LogP contribution < -0.4 is 5.32 Å². The Morgan fingerprint density at radius 3 is 2.58 bits per heavy atom. The van der Waals surface area contributed by atoms with Gasteiger partial charge in [-0.3, -0.25) is 4.79 Å². The van der Waals surface area contributed by atoms with Crippen LogP contribution in [0.25, 0.3) is 0 Å². The monoisotopic (exact) mass is 264 g/mol. The van der Waals surface area contributed by atoms with E-state index < -0.39 is 12.0 Å². The van der Waals surface area contributed by atoms with Crippen LogP contribution in [0.5, 0.6) is 0 Å². The fourth-order valence-electron chi connectivity index (χ4n) is 1.74. The van der Waals surface area contributed by atoms with Crippen LogP contribution in [0.2, 0.25) is 0 Å². The summed E-state index contributed by atoms with van der Waals surface area (Å²) in [4.78, 5) is 24.7. The standard InChI is InChI=1S/C14H20N2O3/c1-5-16(4)13(17)10(3)15-12-7-6-9(2)8-11(12)14(18)19/h6-8,10,15H,5H2,1-4H3,(H,18,19). The molecule has 1 amide bonds. The average molecular weight is 264 g/mol. The van der Waals surface area contributed by atoms with E-state index in [1.807, 2.05) is 19.9 Å². The number of aromatic carboxylic acids is 1. The summed E-state index contributed by atoms with van der Waals surface area (Å²) in [6.07, 6.45) is 0. The average Bonchev–Trinajstić information content (AvgIpc) is 2.38. The summed E-state index contributed by atoms with van der Waals surface area (Å²) in [5.74, 6) is -1.07. The third-order valence-corrected chi connectivity index (χ3v) is 3.00. The minimum Gasteiger partial charge on any atom is -0.478 e. The SMILES string of the molecule is CCN(C)C(=O)C(C)Nc1ccc(C)cc1C(=O)O. The smallest absolute Gasteiger partial charge is 0.337 e. The molecule has 1 aromatic rings. The zero-order valence-electron chi connectivity index (χ0n) is 11.7. The van der Waals surface area contributed by atoms with Crippen molar-refractivity contribution in [1.29, 1.82) is 0 Å². The van der Waals surface area contributed by atoms with Crippen LogP contribution in [0.15, 0.2) is 18.2 Å². The first-order valence-electron chi connectivity index (χ1n) is 6.22. The quantitative estimate of drug-likeness (QED) is 0.853. The molecule has 0 radical (unpaired) electrons. The molecule has 0 saturated carbocycles. The van der Waals surface area contributed by atoms with Gasteiger partial charge in [-0.2, -0.15) is 0 Å². The summed E-state index contributed by atoms with van der Waals surface area (Å²) >= 11 is 0. The minimum atomic E-state index is -1.00. The second-order valence-electron chi connectivity index (χ2n) is 4.57. The molecule has 0 aliphatic heterocycles. The minimum absolute atomic E-state index is 0.0700. The van der Waals surface area contributed by atoms with Crippen LogP contribution >= 0.6 is 0 Å². The molecule has 1 atom stereocenters. The zero-order valence-corrected chi connectivity index (χ0v) is 11.7. The van der Waals surface area contributed by atoms with Gasteiger partial charge in [-0.15, -0.1) is 0 Å². The number of hydrogen-bond acceptors (Lipinski definition) is 3. The van der Waals surface area contributed by atoms with Crippen LogP contribution in [-0.4, -0.2) is 41.5 Å². The van der Waals surface area contributed by atoms with Gasteiger partial charge in [0.05, 0.1) is 5.56 Å². The Hall–Kier alpha value is -2.04. The number of benzene rings is 1. The predicted molar refractivity (Wildman–Crippen MR) is 74.5 cm³/mol. The topological polar surface area (TPSA) is 69.6 Å². The van der Waals surface area contributed by atoms with E-state index in [1.54, 1.807) is 31.0 Å². The summed E-state index contributed by atoms with van der Waals surface area (Å²) in [7, 11) is 1.72. The van der Waals surface area contributed by atoms with Crippen molar-refractivity contribution >= 4 is 17.6 Å². The molecule has 1 aromatic carbocycles. The van der Waals surface area contributed by atoms with Crippen molar-refractivity contribution in [3.8, 4) is 0 Å². The molecule has 1 rings (SSSR count). The molecule has 1 unspecified atom stereocenters. The van der Waals surface area contributed by atoms with Gasteiger partial charge in [-0.05, 0) is 32.9 Å². The lowest BCUT2D eigenvalue weighted by Gasteiger charge is -2.22. The van der Waals surface area contributed by atoms with E-state index >= 15 is 0 Å². The van der Waals surface area contributed by atoms with Crippen molar-refractivity contribution < 1.29 is 14.7 Å². The maximum atomic E-state index is 11.9. The number of rotatable bonds is 5. The molecule has 5 heteroatoms. The van der Waals surface area contributed by atoms with Gasteiger partial charge in [-0.25, -0.2) is 4.79 Å². The number of likely N-dealkylation sites (N-methyl/N-ethyl adjacent to an activating group) is 1. The van der Waals surface area contributed by atoms with E-state index in [1.165, 1.54) is 0 Å². The van der Waals surface area contributed by atoms with Gasteiger partial charge in [0.25, 0.3) is 0 Å². The largest absolute Gasteiger partial charge is 0.478 e. The van der Waals surface area contributed by atoms with Crippen molar-refractivity contribution in [2.75, 3.05) is 18.9 Å². The van der Waals surface area contributed by atoms with Crippen LogP contribution in [0.1, 0.15) is 29.8 Å². The van der Waals surface area contributed by atoms with Crippen molar-refractivity contribution in [2.24, 2.45) is 0 Å². The Morgan fingerprint density at radius 2 is 2.05 bits per heavy atom. The third-order valence-electron chi connectivity index (χ3n) is 3.00. The van der Waals surface area contributed by atoms with Crippen molar-refractivity contribution in [2.45, 2.75) is 26.8 Å². The highest BCUT2D eigenvalue weighted by Crippen LogP contribution is 2.18. The Morgan fingerprint density at radius 1 is 1.42 bits per heavy atom. The highest BCUT2D eigenvalue weighted by atomic mass is 16.4. The highest BCUT2D eigenvalue weighted by Gasteiger charge is 2.18. The highest BCUT2D eigenvalue weighted by molar-refractivity contribution is 5.95. The fraction of sp³-hybridized carbons (Fsp3) is 0.429. The number of hydrogen-bond donors (Lipinski definition) is 2. The molecule has 0 fully saturated rings. The Kier molecular flexibility index (Phi) is 4.92. The molecule has 0 bridgehead atoms. The number of anilines is 1. The summed E-state index contributed by atoms with van der Waals surface area (Å²) in [5, 5.41) is 12.1. The normalized spacial score (nSPS) is 11.8. The number of nitrogens with zero attached hydrogens (tertiary/aromatic N) is 1. The molecule has 0 aromatic heterocycles. The molecule has 0 aliphatic carbocycles. The van der Waals surface area contributed by atoms with E-state index in [0.29, 0.717) is 12.2 Å². The van der Waals surface area contributed by atoms with Gasteiger partial charge in [0, 0.05) is 19.3 Å². The van der Waals surface area contributed by atoms with E-state index in [4.69, 9.17) is 5.11 Å². The van der Waals surface area contributed by atoms with Gasteiger partial charge in [0.2, 0.25) is 5.91 Å². The van der Waals surface area contributed by atoms with E-state index in [9.17, 15) is 9.59 Å². The van der Waals surface area contributed by atoms with Gasteiger partial charge in [-0.1, -0.05) is 11.6 Å². The predicted octanol–water partition coefficient (Wildman–Crippen LogP) is 1.97. The lowest BCUT2D eigenvalue weighted by Crippen LogP contribution is -2.39. The number of carboxylic acid groups (broad SMARTS) is 1. The molecular formula is C14H20N2O3. The van der Waals surface area contributed by atoms with Crippen molar-refractivity contribution in [3.05, 3.63) is 29.3 Å². The summed E-state index contributed by atoms with van der Waals surface area (Å²) in [6, 6.07) is 4.63. The summed E-state index contributed by atoms with van der Waals surface area (Å²) < 4.78 is 0. The van der Waals surface area contributed by atoms with Crippen molar-refractivity contribution in [1.82, 2.24) is 4.90 Å². The molecule has 0 aliphatic rings. The first kappa shape index (κ1) is 15.0. The maximum absolute atomic E-state index is 11.9. The van der Waals surface area contributed by atoms with E-state index in [0.717, 1.165) is 5.56 Å². The maximum Gasteiger partial charge on any atom is 0.337 e. The molecular weight excluding hydrogens is 244 g/mol. The Balaban J connectivity index is 2.93. The number of carbonyl (C=O) groups excluding carboxylic acids is 1. The number of carbonyl (C=O) groups is 2.